The lowest BCUT2D eigenvalue weighted by atomic mass is 10.2. The maximum absolute atomic E-state index is 13.9. The molecule has 0 saturated carbocycles. The molecule has 1 amide bonds. The van der Waals surface area contributed by atoms with Crippen LogP contribution in [0, 0.1) is 0 Å². The van der Waals surface area contributed by atoms with Gasteiger partial charge in [0.1, 0.15) is 22.3 Å². The van der Waals surface area contributed by atoms with Gasteiger partial charge in [0.2, 0.25) is 0 Å². The van der Waals surface area contributed by atoms with Crippen molar-refractivity contribution in [2.45, 2.75) is 4.90 Å². The molecule has 2 aromatic heterocycles. The molecule has 0 aliphatic heterocycles. The summed E-state index contributed by atoms with van der Waals surface area (Å²) in [7, 11) is -4.26. The Kier molecular flexibility index (Phi) is 6.96. The number of hydrogen-bond acceptors (Lipinski definition) is 6. The second-order valence-corrected chi connectivity index (χ2v) is 11.1. The first-order valence-corrected chi connectivity index (χ1v) is 14.3. The number of halogens is 1. The second-order valence-electron chi connectivity index (χ2n) is 8.95. The number of hydrogen-bond donors (Lipinski definition) is 1. The molecule has 0 bridgehead atoms. The SMILES string of the molecule is O=C(Nc1ccc(Oc2ccccc2)cc1)c1cc2c(Cl)nc(-c3ccccc3)nc2n1S(=O)(=O)c1ccccc1. The summed E-state index contributed by atoms with van der Waals surface area (Å²) in [5.74, 6) is 0.807. The Morgan fingerprint density at radius 3 is 2.00 bits per heavy atom. The molecular formula is C31H21ClN4O4S. The smallest absolute Gasteiger partial charge is 0.273 e. The van der Waals surface area contributed by atoms with Crippen molar-refractivity contribution < 1.29 is 17.9 Å². The summed E-state index contributed by atoms with van der Waals surface area (Å²) in [5, 5.41) is 3.01. The molecule has 0 atom stereocenters. The lowest BCUT2D eigenvalue weighted by Gasteiger charge is -2.12. The number of para-hydroxylation sites is 1. The number of nitrogens with one attached hydrogen (secondary N) is 1. The number of ether oxygens (including phenoxy) is 1. The van der Waals surface area contributed by atoms with E-state index in [9.17, 15) is 13.2 Å². The van der Waals surface area contributed by atoms with Crippen LogP contribution in [0.15, 0.2) is 126 Å². The van der Waals surface area contributed by atoms with Crippen LogP contribution in [0.25, 0.3) is 22.4 Å². The summed E-state index contributed by atoms with van der Waals surface area (Å²) in [6.45, 7) is 0. The zero-order valence-corrected chi connectivity index (χ0v) is 22.9. The molecule has 4 aromatic carbocycles. The van der Waals surface area contributed by atoms with Crippen LogP contribution in [0.3, 0.4) is 0 Å². The minimum atomic E-state index is -4.26. The third kappa shape index (κ3) is 5.28. The molecule has 2 heterocycles. The maximum atomic E-state index is 13.9. The van der Waals surface area contributed by atoms with Gasteiger partial charge in [-0.1, -0.05) is 78.3 Å². The highest BCUT2D eigenvalue weighted by molar-refractivity contribution is 7.90. The van der Waals surface area contributed by atoms with Crippen molar-refractivity contribution in [2.75, 3.05) is 5.32 Å². The summed E-state index contributed by atoms with van der Waals surface area (Å²) in [5.41, 5.74) is 0.899. The van der Waals surface area contributed by atoms with E-state index >= 15 is 0 Å². The molecule has 202 valence electrons. The molecule has 0 saturated heterocycles. The van der Waals surface area contributed by atoms with Crippen LogP contribution in [0.5, 0.6) is 11.5 Å². The number of rotatable bonds is 7. The zero-order valence-electron chi connectivity index (χ0n) is 21.3. The molecule has 0 fully saturated rings. The number of nitrogens with zero attached hydrogens (tertiary/aromatic N) is 3. The van der Waals surface area contributed by atoms with E-state index in [4.69, 9.17) is 16.3 Å². The monoisotopic (exact) mass is 580 g/mol. The van der Waals surface area contributed by atoms with Gasteiger partial charge < -0.3 is 10.1 Å². The van der Waals surface area contributed by atoms with E-state index in [1.165, 1.54) is 18.2 Å². The van der Waals surface area contributed by atoms with Crippen LogP contribution in [-0.4, -0.2) is 28.3 Å². The number of carbonyl (C=O) groups is 1. The molecule has 0 unspecified atom stereocenters. The molecular weight excluding hydrogens is 560 g/mol. The fourth-order valence-corrected chi connectivity index (χ4v) is 5.95. The van der Waals surface area contributed by atoms with Gasteiger partial charge in [-0.25, -0.2) is 22.4 Å². The van der Waals surface area contributed by atoms with Crippen molar-refractivity contribution in [3.63, 3.8) is 0 Å². The number of fused-ring (bicyclic) bond motifs is 1. The topological polar surface area (TPSA) is 103 Å². The van der Waals surface area contributed by atoms with Crippen molar-refractivity contribution in [1.29, 1.82) is 0 Å². The quantitative estimate of drug-likeness (QED) is 0.203. The van der Waals surface area contributed by atoms with Crippen molar-refractivity contribution >= 4 is 44.3 Å². The minimum Gasteiger partial charge on any atom is -0.457 e. The Balaban J connectivity index is 1.42. The van der Waals surface area contributed by atoms with Gasteiger partial charge in [0.05, 0.1) is 10.3 Å². The minimum absolute atomic E-state index is 0.00930. The van der Waals surface area contributed by atoms with Crippen LogP contribution in [0.1, 0.15) is 10.5 Å². The summed E-state index contributed by atoms with van der Waals surface area (Å²) < 4.78 is 34.6. The Labute approximate surface area is 240 Å². The first-order valence-electron chi connectivity index (χ1n) is 12.5. The average molecular weight is 581 g/mol. The molecule has 6 rings (SSSR count). The van der Waals surface area contributed by atoms with Crippen molar-refractivity contribution in [1.82, 2.24) is 13.9 Å². The van der Waals surface area contributed by atoms with Gasteiger partial charge in [-0.15, -0.1) is 0 Å². The maximum Gasteiger partial charge on any atom is 0.273 e. The Bertz CT molecular complexity index is 1960. The number of anilines is 1. The van der Waals surface area contributed by atoms with Gasteiger partial charge in [-0.3, -0.25) is 4.79 Å². The molecule has 0 radical (unpaired) electrons. The van der Waals surface area contributed by atoms with Crippen LogP contribution in [-0.2, 0) is 10.0 Å². The van der Waals surface area contributed by atoms with Gasteiger partial charge in [-0.2, -0.15) is 0 Å². The molecule has 1 N–H and O–H groups in total. The highest BCUT2D eigenvalue weighted by Gasteiger charge is 2.29. The van der Waals surface area contributed by atoms with Crippen LogP contribution < -0.4 is 10.1 Å². The molecule has 0 aliphatic rings. The Hall–Kier alpha value is -4.99. The fourth-order valence-electron chi connectivity index (χ4n) is 4.26. The zero-order chi connectivity index (χ0) is 28.4. The van der Waals surface area contributed by atoms with Crippen molar-refractivity contribution in [2.24, 2.45) is 0 Å². The number of carbonyl (C=O) groups excluding carboxylic acids is 1. The number of aromatic nitrogens is 3. The molecule has 41 heavy (non-hydrogen) atoms. The van der Waals surface area contributed by atoms with Crippen molar-refractivity contribution in [3.8, 4) is 22.9 Å². The number of benzene rings is 4. The van der Waals surface area contributed by atoms with Gasteiger partial charge in [0, 0.05) is 11.3 Å². The fraction of sp³-hybridized carbons (Fsp3) is 0. The van der Waals surface area contributed by atoms with Crippen LogP contribution in [0.4, 0.5) is 5.69 Å². The van der Waals surface area contributed by atoms with E-state index in [0.29, 0.717) is 22.7 Å². The first kappa shape index (κ1) is 26.2. The molecule has 0 aliphatic carbocycles. The lowest BCUT2D eigenvalue weighted by Crippen LogP contribution is -2.22. The predicted molar refractivity (Wildman–Crippen MR) is 158 cm³/mol. The van der Waals surface area contributed by atoms with E-state index in [1.54, 1.807) is 54.6 Å². The molecule has 0 spiro atoms. The van der Waals surface area contributed by atoms with E-state index in [2.05, 4.69) is 15.3 Å². The van der Waals surface area contributed by atoms with Gasteiger partial charge >= 0.3 is 0 Å². The molecule has 6 aromatic rings. The Morgan fingerprint density at radius 1 is 0.756 bits per heavy atom. The molecule has 8 nitrogen and oxygen atoms in total. The summed E-state index contributed by atoms with van der Waals surface area (Å²) in [6, 6.07) is 34.3. The van der Waals surface area contributed by atoms with E-state index in [-0.39, 0.29) is 32.6 Å². The standard InChI is InChI=1S/C31H21ClN4O4S/c32-28-26-20-27(31(37)33-22-16-18-24(19-17-22)40-23-12-6-2-7-13-23)36(41(38,39)25-14-8-3-9-15-25)30(26)35-29(34-28)21-10-4-1-5-11-21/h1-20H,(H,33,37). The largest absolute Gasteiger partial charge is 0.457 e. The van der Waals surface area contributed by atoms with Gasteiger partial charge in [0.15, 0.2) is 11.5 Å². The lowest BCUT2D eigenvalue weighted by molar-refractivity contribution is 0.102. The summed E-state index contributed by atoms with van der Waals surface area (Å²) in [6.07, 6.45) is 0. The van der Waals surface area contributed by atoms with Crippen LogP contribution in [0.2, 0.25) is 5.15 Å². The average Bonchev–Trinajstić information content (AvgIpc) is 3.41. The van der Waals surface area contributed by atoms with E-state index in [1.807, 2.05) is 48.5 Å². The third-order valence-electron chi connectivity index (χ3n) is 6.21. The Morgan fingerprint density at radius 2 is 1.34 bits per heavy atom. The second kappa shape index (κ2) is 10.9. The highest BCUT2D eigenvalue weighted by atomic mass is 35.5. The van der Waals surface area contributed by atoms with E-state index in [0.717, 1.165) is 3.97 Å². The summed E-state index contributed by atoms with van der Waals surface area (Å²) >= 11 is 6.54. The normalized spacial score (nSPS) is 11.3. The van der Waals surface area contributed by atoms with Crippen LogP contribution >= 0.6 is 11.6 Å². The highest BCUT2D eigenvalue weighted by Crippen LogP contribution is 2.31. The van der Waals surface area contributed by atoms with Crippen molar-refractivity contribution in [3.05, 3.63) is 132 Å². The summed E-state index contributed by atoms with van der Waals surface area (Å²) in [4.78, 5) is 22.5. The number of amides is 1. The predicted octanol–water partition coefficient (Wildman–Crippen LogP) is 7.03. The van der Waals surface area contributed by atoms with E-state index < -0.39 is 15.9 Å². The van der Waals surface area contributed by atoms with Gasteiger partial charge in [0.25, 0.3) is 15.9 Å². The molecule has 10 heteroatoms. The van der Waals surface area contributed by atoms with Gasteiger partial charge in [-0.05, 0) is 54.6 Å². The third-order valence-corrected chi connectivity index (χ3v) is 8.21. The first-order chi connectivity index (χ1) is 19.9.